The lowest BCUT2D eigenvalue weighted by Crippen LogP contribution is -2.37. The lowest BCUT2D eigenvalue weighted by molar-refractivity contribution is 0.565. The Hall–Kier alpha value is -2.98. The van der Waals surface area contributed by atoms with Gasteiger partial charge in [-0.1, -0.05) is 29.8 Å². The minimum absolute atomic E-state index is 0.344. The molecule has 29 heavy (non-hydrogen) atoms. The first-order chi connectivity index (χ1) is 14.0. The third kappa shape index (κ3) is 3.04. The van der Waals surface area contributed by atoms with Crippen molar-refractivity contribution in [2.45, 2.75) is 25.8 Å². The molecule has 150 valence electrons. The van der Waals surface area contributed by atoms with Crippen LogP contribution in [0.2, 0.25) is 5.02 Å². The molecule has 0 N–H and O–H groups in total. The summed E-state index contributed by atoms with van der Waals surface area (Å²) in [5.74, 6) is 0.695. The van der Waals surface area contributed by atoms with E-state index in [4.69, 9.17) is 11.6 Å². The molecule has 1 aliphatic heterocycles. The normalized spacial score (nSPS) is 14.3. The van der Waals surface area contributed by atoms with E-state index in [0.717, 1.165) is 42.5 Å². The molecule has 1 saturated heterocycles. The topological polar surface area (TPSA) is 76.0 Å². The van der Waals surface area contributed by atoms with Crippen LogP contribution >= 0.6 is 11.6 Å². The molecule has 0 aliphatic carbocycles. The molecule has 0 unspecified atom stereocenters. The Bertz CT molecular complexity index is 1260. The van der Waals surface area contributed by atoms with Gasteiger partial charge in [-0.3, -0.25) is 13.9 Å². The van der Waals surface area contributed by atoms with Gasteiger partial charge in [-0.25, -0.2) is 4.79 Å². The molecular weight excluding hydrogens is 390 g/mol. The number of hydrogen-bond donors (Lipinski definition) is 0. The van der Waals surface area contributed by atoms with Crippen molar-refractivity contribution in [3.8, 4) is 6.07 Å². The predicted octanol–water partition coefficient (Wildman–Crippen LogP) is 2.60. The van der Waals surface area contributed by atoms with Crippen LogP contribution in [0, 0.1) is 11.3 Å². The van der Waals surface area contributed by atoms with E-state index in [1.165, 1.54) is 11.6 Å². The van der Waals surface area contributed by atoms with Crippen molar-refractivity contribution >= 4 is 28.5 Å². The molecule has 8 heteroatoms. The molecule has 0 saturated carbocycles. The molecule has 0 amide bonds. The molecule has 0 atom stereocenters. The van der Waals surface area contributed by atoms with Gasteiger partial charge in [0.15, 0.2) is 0 Å². The number of aromatic nitrogens is 3. The fraction of sp³-hybridized carbons (Fsp3) is 0.381. The van der Waals surface area contributed by atoms with Crippen molar-refractivity contribution in [2.24, 2.45) is 14.1 Å². The zero-order valence-corrected chi connectivity index (χ0v) is 17.2. The number of nitriles is 1. The van der Waals surface area contributed by atoms with Crippen molar-refractivity contribution in [2.75, 3.05) is 18.0 Å². The van der Waals surface area contributed by atoms with Crippen LogP contribution in [0.25, 0.3) is 11.0 Å². The number of nitrogens with zero attached hydrogens (tertiary/aromatic N) is 5. The minimum Gasteiger partial charge on any atom is -0.357 e. The van der Waals surface area contributed by atoms with E-state index in [1.807, 2.05) is 28.8 Å². The van der Waals surface area contributed by atoms with Crippen molar-refractivity contribution in [1.29, 1.82) is 5.26 Å². The number of anilines is 1. The summed E-state index contributed by atoms with van der Waals surface area (Å²) in [4.78, 5) is 27.8. The van der Waals surface area contributed by atoms with Crippen LogP contribution in [0.3, 0.4) is 0 Å². The van der Waals surface area contributed by atoms with Crippen LogP contribution in [0.4, 0.5) is 5.82 Å². The fourth-order valence-electron chi connectivity index (χ4n) is 4.19. The second-order valence-electron chi connectivity index (χ2n) is 7.44. The Morgan fingerprint density at radius 1 is 1.03 bits per heavy atom. The van der Waals surface area contributed by atoms with Gasteiger partial charge >= 0.3 is 5.69 Å². The number of fused-ring (bicyclic) bond motifs is 1. The number of benzene rings is 1. The fourth-order valence-corrected chi connectivity index (χ4v) is 4.39. The van der Waals surface area contributed by atoms with Crippen LogP contribution in [0.1, 0.15) is 30.4 Å². The Kier molecular flexibility index (Phi) is 4.97. The van der Waals surface area contributed by atoms with Crippen LogP contribution in [0.15, 0.2) is 33.9 Å². The van der Waals surface area contributed by atoms with Gasteiger partial charge in [0.1, 0.15) is 23.0 Å². The van der Waals surface area contributed by atoms with E-state index in [-0.39, 0.29) is 0 Å². The van der Waals surface area contributed by atoms with E-state index in [0.29, 0.717) is 34.0 Å². The molecule has 0 spiro atoms. The quantitative estimate of drug-likeness (QED) is 0.663. The molecule has 4 rings (SSSR count). The summed E-state index contributed by atoms with van der Waals surface area (Å²) < 4.78 is 4.35. The van der Waals surface area contributed by atoms with E-state index in [9.17, 15) is 14.9 Å². The van der Waals surface area contributed by atoms with Crippen LogP contribution in [-0.4, -0.2) is 26.8 Å². The van der Waals surface area contributed by atoms with Crippen molar-refractivity contribution in [3.63, 3.8) is 0 Å². The second kappa shape index (κ2) is 7.45. The van der Waals surface area contributed by atoms with Gasteiger partial charge in [-0.15, -0.1) is 0 Å². The first kappa shape index (κ1) is 19.3. The standard InChI is InChI=1S/C21H22ClN5O2/c1-24-17-15(12-23)19(26-10-6-3-7-11-26)27(13-14-8-4-5-9-16(14)22)18(17)20(28)25(2)21(24)29/h4-5,8-9H,3,6-7,10-11,13H2,1-2H3. The average molecular weight is 412 g/mol. The number of piperidine rings is 1. The van der Waals surface area contributed by atoms with Gasteiger partial charge in [-0.2, -0.15) is 5.26 Å². The summed E-state index contributed by atoms with van der Waals surface area (Å²) in [6.07, 6.45) is 3.19. The van der Waals surface area contributed by atoms with Crippen molar-refractivity contribution in [1.82, 2.24) is 13.7 Å². The minimum atomic E-state index is -0.445. The monoisotopic (exact) mass is 411 g/mol. The average Bonchev–Trinajstić information content (AvgIpc) is 3.07. The van der Waals surface area contributed by atoms with Crippen LogP contribution in [0.5, 0.6) is 0 Å². The Morgan fingerprint density at radius 3 is 2.38 bits per heavy atom. The number of hydrogen-bond acceptors (Lipinski definition) is 4. The first-order valence-electron chi connectivity index (χ1n) is 9.66. The van der Waals surface area contributed by atoms with Crippen molar-refractivity contribution < 1.29 is 0 Å². The molecular formula is C21H22ClN5O2. The smallest absolute Gasteiger partial charge is 0.331 e. The first-order valence-corrected chi connectivity index (χ1v) is 10.0. The Morgan fingerprint density at radius 2 is 1.72 bits per heavy atom. The Balaban J connectivity index is 2.11. The highest BCUT2D eigenvalue weighted by Gasteiger charge is 2.28. The van der Waals surface area contributed by atoms with E-state index in [1.54, 1.807) is 7.05 Å². The van der Waals surface area contributed by atoms with E-state index >= 15 is 0 Å². The van der Waals surface area contributed by atoms with E-state index in [2.05, 4.69) is 11.0 Å². The zero-order chi connectivity index (χ0) is 20.7. The van der Waals surface area contributed by atoms with Gasteiger partial charge in [-0.05, 0) is 30.9 Å². The number of rotatable bonds is 3. The zero-order valence-electron chi connectivity index (χ0n) is 16.5. The summed E-state index contributed by atoms with van der Waals surface area (Å²) >= 11 is 6.40. The van der Waals surface area contributed by atoms with Gasteiger partial charge in [0.2, 0.25) is 0 Å². The molecule has 3 heterocycles. The van der Waals surface area contributed by atoms with Gasteiger partial charge in [0, 0.05) is 32.2 Å². The maximum atomic E-state index is 13.1. The predicted molar refractivity (Wildman–Crippen MR) is 114 cm³/mol. The summed E-state index contributed by atoms with van der Waals surface area (Å²) in [5, 5.41) is 10.6. The third-order valence-electron chi connectivity index (χ3n) is 5.68. The Labute approximate surface area is 173 Å². The highest BCUT2D eigenvalue weighted by molar-refractivity contribution is 6.31. The summed E-state index contributed by atoms with van der Waals surface area (Å²) in [7, 11) is 3.06. The number of halogens is 1. The largest absolute Gasteiger partial charge is 0.357 e. The summed E-state index contributed by atoms with van der Waals surface area (Å²) in [5.41, 5.74) is 1.10. The molecule has 1 fully saturated rings. The van der Waals surface area contributed by atoms with E-state index < -0.39 is 11.2 Å². The maximum Gasteiger partial charge on any atom is 0.331 e. The highest BCUT2D eigenvalue weighted by atomic mass is 35.5. The summed E-state index contributed by atoms with van der Waals surface area (Å²) in [6, 6.07) is 9.74. The molecule has 1 aromatic carbocycles. The SMILES string of the molecule is Cn1c(=O)c2c(c(C#N)c(N3CCCCC3)n2Cc2ccccc2Cl)n(C)c1=O. The highest BCUT2D eigenvalue weighted by Crippen LogP contribution is 2.33. The van der Waals surface area contributed by atoms with Gasteiger partial charge < -0.3 is 9.47 Å². The number of aryl methyl sites for hydroxylation is 1. The van der Waals surface area contributed by atoms with Gasteiger partial charge in [0.25, 0.3) is 5.56 Å². The van der Waals surface area contributed by atoms with Crippen LogP contribution < -0.4 is 16.1 Å². The molecule has 0 radical (unpaired) electrons. The molecule has 1 aliphatic rings. The van der Waals surface area contributed by atoms with Crippen LogP contribution in [-0.2, 0) is 20.6 Å². The molecule has 7 nitrogen and oxygen atoms in total. The lowest BCUT2D eigenvalue weighted by Gasteiger charge is -2.30. The van der Waals surface area contributed by atoms with Crippen molar-refractivity contribution in [3.05, 3.63) is 61.3 Å². The molecule has 2 aromatic heterocycles. The molecule has 3 aromatic rings. The second-order valence-corrected chi connectivity index (χ2v) is 7.85. The van der Waals surface area contributed by atoms with Gasteiger partial charge in [0.05, 0.1) is 12.1 Å². The lowest BCUT2D eigenvalue weighted by atomic mass is 10.1. The molecule has 0 bridgehead atoms. The third-order valence-corrected chi connectivity index (χ3v) is 6.05. The maximum absolute atomic E-state index is 13.1. The summed E-state index contributed by atoms with van der Waals surface area (Å²) in [6.45, 7) is 1.96.